The van der Waals surface area contributed by atoms with Crippen molar-refractivity contribution in [2.45, 2.75) is 64.1 Å². The molecule has 5 rings (SSSR count). The molecule has 0 bridgehead atoms. The van der Waals surface area contributed by atoms with E-state index in [1.165, 1.54) is 42.5 Å². The molecule has 0 amide bonds. The first-order valence-corrected chi connectivity index (χ1v) is 12.0. The summed E-state index contributed by atoms with van der Waals surface area (Å²) in [5, 5.41) is 1.11. The molecule has 0 saturated heterocycles. The van der Waals surface area contributed by atoms with Gasteiger partial charge in [0.15, 0.2) is 0 Å². The van der Waals surface area contributed by atoms with Crippen LogP contribution in [-0.4, -0.2) is 35.1 Å². The minimum absolute atomic E-state index is 0.552. The van der Waals surface area contributed by atoms with Crippen molar-refractivity contribution >= 4 is 27.4 Å². The van der Waals surface area contributed by atoms with Crippen LogP contribution in [0.5, 0.6) is 11.5 Å². The number of thiophene rings is 1. The Morgan fingerprint density at radius 1 is 1.06 bits per heavy atom. The third-order valence-electron chi connectivity index (χ3n) is 6.41. The lowest BCUT2D eigenvalue weighted by atomic mass is 10.1. The Morgan fingerprint density at radius 3 is 2.68 bits per heavy atom. The smallest absolute Gasteiger partial charge is 0.146 e. The van der Waals surface area contributed by atoms with E-state index in [0.717, 1.165) is 52.5 Å². The quantitative estimate of drug-likeness (QED) is 0.538. The van der Waals surface area contributed by atoms with Crippen LogP contribution in [0.3, 0.4) is 0 Å². The van der Waals surface area contributed by atoms with Crippen molar-refractivity contribution in [2.75, 3.05) is 20.0 Å². The Bertz CT molecular complexity index is 1090. The molecule has 3 aromatic rings. The highest BCUT2D eigenvalue weighted by molar-refractivity contribution is 7.19. The molecule has 1 saturated carbocycles. The molecular weight excluding hydrogens is 408 g/mol. The van der Waals surface area contributed by atoms with Crippen molar-refractivity contribution in [3.8, 4) is 11.5 Å². The maximum atomic E-state index is 6.48. The number of aromatic nitrogens is 2. The molecule has 7 heteroatoms. The van der Waals surface area contributed by atoms with E-state index in [2.05, 4.69) is 11.0 Å². The Balaban J connectivity index is 1.43. The number of nitrogen functional groups attached to an aromatic ring is 1. The number of methoxy groups -OCH3 is 2. The third-order valence-corrected chi connectivity index (χ3v) is 7.59. The lowest BCUT2D eigenvalue weighted by molar-refractivity contribution is 0.235. The molecule has 2 heterocycles. The molecule has 1 aromatic carbocycles. The van der Waals surface area contributed by atoms with E-state index in [-0.39, 0.29) is 0 Å². The molecule has 0 spiro atoms. The van der Waals surface area contributed by atoms with E-state index < -0.39 is 0 Å². The second-order valence-electron chi connectivity index (χ2n) is 8.58. The van der Waals surface area contributed by atoms with Crippen molar-refractivity contribution < 1.29 is 9.47 Å². The molecular formula is C24H30N4O2S. The van der Waals surface area contributed by atoms with Gasteiger partial charge in [0.2, 0.25) is 0 Å². The van der Waals surface area contributed by atoms with Crippen LogP contribution in [0, 0.1) is 0 Å². The highest BCUT2D eigenvalue weighted by Gasteiger charge is 2.31. The van der Waals surface area contributed by atoms with Crippen molar-refractivity contribution in [1.82, 2.24) is 14.9 Å². The van der Waals surface area contributed by atoms with Gasteiger partial charge < -0.3 is 15.2 Å². The van der Waals surface area contributed by atoms with Crippen LogP contribution in [0.1, 0.15) is 53.9 Å². The number of hydrogen-bond acceptors (Lipinski definition) is 7. The summed E-state index contributed by atoms with van der Waals surface area (Å²) in [6.45, 7) is 1.46. The summed E-state index contributed by atoms with van der Waals surface area (Å²) in [5.41, 5.74) is 9.00. The molecule has 164 valence electrons. The second-order valence-corrected chi connectivity index (χ2v) is 9.67. The van der Waals surface area contributed by atoms with Gasteiger partial charge in [0.05, 0.1) is 26.2 Å². The predicted octanol–water partition coefficient (Wildman–Crippen LogP) is 4.72. The fourth-order valence-corrected chi connectivity index (χ4v) is 5.93. The average molecular weight is 439 g/mol. The number of anilines is 1. The molecule has 1 fully saturated rings. The largest absolute Gasteiger partial charge is 0.497 e. The van der Waals surface area contributed by atoms with E-state index in [1.807, 2.05) is 23.5 Å². The molecule has 2 N–H and O–H groups in total. The van der Waals surface area contributed by atoms with Gasteiger partial charge in [-0.1, -0.05) is 6.42 Å². The fraction of sp³-hybridized carbons (Fsp3) is 0.500. The molecule has 0 aliphatic heterocycles. The first-order chi connectivity index (χ1) is 15.2. The van der Waals surface area contributed by atoms with Crippen LogP contribution in [0.2, 0.25) is 0 Å². The minimum Gasteiger partial charge on any atom is -0.497 e. The van der Waals surface area contributed by atoms with Gasteiger partial charge in [-0.25, -0.2) is 9.97 Å². The van der Waals surface area contributed by atoms with Crippen molar-refractivity contribution in [1.29, 1.82) is 0 Å². The van der Waals surface area contributed by atoms with Crippen LogP contribution < -0.4 is 15.2 Å². The van der Waals surface area contributed by atoms with Crippen molar-refractivity contribution in [3.63, 3.8) is 0 Å². The number of fused-ring (bicyclic) bond motifs is 3. The minimum atomic E-state index is 0.552. The molecule has 2 aromatic heterocycles. The number of rotatable bonds is 7. The van der Waals surface area contributed by atoms with Gasteiger partial charge in [-0.05, 0) is 62.3 Å². The SMILES string of the molecule is COc1ccc(OC)c(CN(Cc2nc(N)c3c4c(sc3n2)CCCCC4)C2CC2)c1. The maximum absolute atomic E-state index is 6.48. The zero-order valence-corrected chi connectivity index (χ0v) is 19.1. The zero-order valence-electron chi connectivity index (χ0n) is 18.3. The molecule has 0 unspecified atom stereocenters. The highest BCUT2D eigenvalue weighted by atomic mass is 32.1. The average Bonchev–Trinajstić information content (AvgIpc) is 3.58. The second kappa shape index (κ2) is 8.63. The van der Waals surface area contributed by atoms with Crippen LogP contribution in [0.4, 0.5) is 5.82 Å². The van der Waals surface area contributed by atoms with Gasteiger partial charge in [0.25, 0.3) is 0 Å². The fourth-order valence-electron chi connectivity index (χ4n) is 4.64. The van der Waals surface area contributed by atoms with E-state index in [0.29, 0.717) is 18.4 Å². The predicted molar refractivity (Wildman–Crippen MR) is 125 cm³/mol. The Labute approximate surface area is 187 Å². The molecule has 2 aliphatic rings. The van der Waals surface area contributed by atoms with Crippen LogP contribution in [0.25, 0.3) is 10.2 Å². The number of benzene rings is 1. The summed E-state index contributed by atoms with van der Waals surface area (Å²) in [4.78, 5) is 14.7. The summed E-state index contributed by atoms with van der Waals surface area (Å²) in [6.07, 6.45) is 8.46. The van der Waals surface area contributed by atoms with Crippen molar-refractivity contribution in [3.05, 3.63) is 40.0 Å². The molecule has 0 atom stereocenters. The van der Waals surface area contributed by atoms with Crippen LogP contribution >= 0.6 is 11.3 Å². The van der Waals surface area contributed by atoms with E-state index >= 15 is 0 Å². The summed E-state index contributed by atoms with van der Waals surface area (Å²) in [6, 6.07) is 6.51. The number of nitrogens with zero attached hydrogens (tertiary/aromatic N) is 3. The number of hydrogen-bond donors (Lipinski definition) is 1. The monoisotopic (exact) mass is 438 g/mol. The summed E-state index contributed by atoms with van der Waals surface area (Å²) >= 11 is 1.82. The number of ether oxygens (including phenoxy) is 2. The third kappa shape index (κ3) is 4.21. The highest BCUT2D eigenvalue weighted by Crippen LogP contribution is 2.38. The van der Waals surface area contributed by atoms with E-state index in [9.17, 15) is 0 Å². The van der Waals surface area contributed by atoms with Gasteiger partial charge in [-0.15, -0.1) is 11.3 Å². The standard InChI is InChI=1S/C24H30N4O2S/c1-29-17-10-11-19(30-2)15(12-17)13-28(16-8-9-16)14-21-26-23(25)22-18-6-4-3-5-7-20(18)31-24(22)27-21/h10-12,16H,3-9,13-14H2,1-2H3,(H2,25,26,27). The lowest BCUT2D eigenvalue weighted by Gasteiger charge is -2.23. The summed E-state index contributed by atoms with van der Waals surface area (Å²) in [7, 11) is 3.41. The molecule has 6 nitrogen and oxygen atoms in total. The van der Waals surface area contributed by atoms with Crippen LogP contribution in [-0.2, 0) is 25.9 Å². The number of aryl methyl sites for hydroxylation is 2. The Morgan fingerprint density at radius 2 is 1.90 bits per heavy atom. The van der Waals surface area contributed by atoms with Gasteiger partial charge >= 0.3 is 0 Å². The van der Waals surface area contributed by atoms with Crippen molar-refractivity contribution in [2.24, 2.45) is 0 Å². The van der Waals surface area contributed by atoms with E-state index in [1.54, 1.807) is 14.2 Å². The Kier molecular flexibility index (Phi) is 5.71. The molecule has 0 radical (unpaired) electrons. The summed E-state index contributed by atoms with van der Waals surface area (Å²) in [5.74, 6) is 3.18. The molecule has 31 heavy (non-hydrogen) atoms. The topological polar surface area (TPSA) is 73.5 Å². The summed E-state index contributed by atoms with van der Waals surface area (Å²) < 4.78 is 11.0. The van der Waals surface area contributed by atoms with E-state index in [4.69, 9.17) is 25.2 Å². The first-order valence-electron chi connectivity index (χ1n) is 11.2. The van der Waals surface area contributed by atoms with Gasteiger partial charge in [-0.3, -0.25) is 4.90 Å². The maximum Gasteiger partial charge on any atom is 0.146 e. The lowest BCUT2D eigenvalue weighted by Crippen LogP contribution is -2.26. The van der Waals surface area contributed by atoms with Gasteiger partial charge in [0.1, 0.15) is 28.0 Å². The van der Waals surface area contributed by atoms with Gasteiger partial charge in [-0.2, -0.15) is 0 Å². The molecule has 2 aliphatic carbocycles. The first kappa shape index (κ1) is 20.5. The van der Waals surface area contributed by atoms with Crippen LogP contribution in [0.15, 0.2) is 18.2 Å². The zero-order chi connectivity index (χ0) is 21.4. The van der Waals surface area contributed by atoms with Gasteiger partial charge in [0, 0.05) is 23.0 Å². The number of nitrogens with two attached hydrogens (primary N) is 1. The Hall–Kier alpha value is -2.38. The normalized spacial score (nSPS) is 16.4.